The fourth-order valence-electron chi connectivity index (χ4n) is 2.29. The van der Waals surface area contributed by atoms with Crippen LogP contribution in [0.15, 0.2) is 70.9 Å². The zero-order chi connectivity index (χ0) is 19.8. The van der Waals surface area contributed by atoms with Gasteiger partial charge in [0.05, 0.1) is 18.6 Å². The maximum absolute atomic E-state index is 12.3. The lowest BCUT2D eigenvalue weighted by Gasteiger charge is -2.12. The van der Waals surface area contributed by atoms with Gasteiger partial charge in [0, 0.05) is 9.40 Å². The fraction of sp³-hybridized carbons (Fsp3) is 0.158. The minimum atomic E-state index is -0.898. The molecular weight excluding hydrogens is 418 g/mol. The van der Waals surface area contributed by atoms with Crippen LogP contribution in [0.3, 0.4) is 0 Å². The molecule has 0 aliphatic rings. The maximum atomic E-state index is 12.3. The Morgan fingerprint density at radius 3 is 2.33 bits per heavy atom. The van der Waals surface area contributed by atoms with E-state index in [1.54, 1.807) is 42.5 Å². The van der Waals surface area contributed by atoms with E-state index in [1.165, 1.54) is 18.2 Å². The average molecular weight is 434 g/mol. The van der Waals surface area contributed by atoms with Crippen LogP contribution in [0.2, 0.25) is 0 Å². The summed E-state index contributed by atoms with van der Waals surface area (Å²) in [5, 5.41) is 11.0. The summed E-state index contributed by atoms with van der Waals surface area (Å²) < 4.78 is 10.6. The van der Waals surface area contributed by atoms with Gasteiger partial charge in [-0.05, 0) is 35.9 Å². The lowest BCUT2D eigenvalue weighted by molar-refractivity contribution is -0.481. The molecule has 0 saturated carbocycles. The Labute approximate surface area is 163 Å². The predicted molar refractivity (Wildman–Crippen MR) is 101 cm³/mol. The molecule has 0 amide bonds. The van der Waals surface area contributed by atoms with Crippen LogP contribution in [-0.4, -0.2) is 30.5 Å². The number of hydrogen-bond donors (Lipinski definition) is 0. The number of carbonyl (C=O) groups is 2. The summed E-state index contributed by atoms with van der Waals surface area (Å²) >= 11 is 3.26. The molecule has 0 heterocycles. The number of nitrogens with zero attached hydrogens (tertiary/aromatic N) is 1. The van der Waals surface area contributed by atoms with Crippen molar-refractivity contribution in [3.05, 3.63) is 92.1 Å². The first kappa shape index (κ1) is 20.3. The number of nitro groups is 1. The van der Waals surface area contributed by atoms with Crippen molar-refractivity contribution in [2.75, 3.05) is 13.7 Å². The Morgan fingerprint density at radius 1 is 1.15 bits per heavy atom. The third kappa shape index (κ3) is 6.03. The first-order valence-electron chi connectivity index (χ1n) is 7.85. The van der Waals surface area contributed by atoms with Crippen LogP contribution >= 0.6 is 15.9 Å². The lowest BCUT2D eigenvalue weighted by atomic mass is 9.98. The molecule has 0 saturated heterocycles. The number of methoxy groups -OCH3 is 1. The highest BCUT2D eigenvalue weighted by Gasteiger charge is 2.23. The van der Waals surface area contributed by atoms with Crippen molar-refractivity contribution in [2.45, 2.75) is 5.92 Å². The van der Waals surface area contributed by atoms with Crippen molar-refractivity contribution >= 4 is 27.9 Å². The van der Waals surface area contributed by atoms with Crippen LogP contribution in [0.5, 0.6) is 0 Å². The first-order valence-corrected chi connectivity index (χ1v) is 8.64. The molecule has 0 radical (unpaired) electrons. The molecule has 0 spiro atoms. The van der Waals surface area contributed by atoms with Gasteiger partial charge in [0.2, 0.25) is 12.3 Å². The molecule has 7 nitrogen and oxygen atoms in total. The molecule has 2 rings (SSSR count). The number of esters is 2. The van der Waals surface area contributed by atoms with E-state index in [0.717, 1.165) is 11.6 Å². The summed E-state index contributed by atoms with van der Waals surface area (Å²) in [6, 6.07) is 14.9. The number of carbonyl (C=O) groups excluding carboxylic acids is 2. The third-order valence-corrected chi connectivity index (χ3v) is 4.12. The second-order valence-corrected chi connectivity index (χ2v) is 6.37. The van der Waals surface area contributed by atoms with Crippen LogP contribution in [-0.2, 0) is 14.3 Å². The number of rotatable bonds is 7. The van der Waals surface area contributed by atoms with Crippen molar-refractivity contribution < 1.29 is 24.0 Å². The van der Waals surface area contributed by atoms with Crippen LogP contribution < -0.4 is 0 Å². The first-order chi connectivity index (χ1) is 12.9. The van der Waals surface area contributed by atoms with Gasteiger partial charge >= 0.3 is 11.9 Å². The van der Waals surface area contributed by atoms with Gasteiger partial charge in [-0.25, -0.2) is 9.59 Å². The molecular formula is C19H16BrNO6. The zero-order valence-electron chi connectivity index (χ0n) is 14.3. The van der Waals surface area contributed by atoms with E-state index >= 15 is 0 Å². The Hall–Kier alpha value is -3.00. The van der Waals surface area contributed by atoms with Gasteiger partial charge in [-0.2, -0.15) is 0 Å². The van der Waals surface area contributed by atoms with Gasteiger partial charge in [-0.15, -0.1) is 0 Å². The second kappa shape index (κ2) is 9.63. The van der Waals surface area contributed by atoms with E-state index in [0.29, 0.717) is 5.56 Å². The maximum Gasteiger partial charge on any atom is 0.373 e. The Balaban J connectivity index is 2.34. The summed E-state index contributed by atoms with van der Waals surface area (Å²) in [5.41, 5.74) is 0.828. The zero-order valence-corrected chi connectivity index (χ0v) is 15.9. The van der Waals surface area contributed by atoms with E-state index in [9.17, 15) is 19.7 Å². The monoisotopic (exact) mass is 433 g/mol. The van der Waals surface area contributed by atoms with Crippen LogP contribution in [0, 0.1) is 10.1 Å². The van der Waals surface area contributed by atoms with Crippen LogP contribution in [0.1, 0.15) is 21.8 Å². The molecule has 0 fully saturated rings. The van der Waals surface area contributed by atoms with E-state index < -0.39 is 35.1 Å². The molecule has 0 aliphatic carbocycles. The van der Waals surface area contributed by atoms with Crippen molar-refractivity contribution in [3.63, 3.8) is 0 Å². The molecule has 27 heavy (non-hydrogen) atoms. The smallest absolute Gasteiger partial charge is 0.373 e. The predicted octanol–water partition coefficient (Wildman–Crippen LogP) is 3.72. The van der Waals surface area contributed by atoms with Gasteiger partial charge in [-0.3, -0.25) is 10.1 Å². The van der Waals surface area contributed by atoms with Gasteiger partial charge in [0.25, 0.3) is 0 Å². The van der Waals surface area contributed by atoms with E-state index in [4.69, 9.17) is 4.74 Å². The summed E-state index contributed by atoms with van der Waals surface area (Å²) in [4.78, 5) is 34.9. The summed E-state index contributed by atoms with van der Waals surface area (Å²) in [6.07, 6.45) is 1.24. The Bertz CT molecular complexity index is 848. The minimum Gasteiger partial charge on any atom is -0.463 e. The van der Waals surface area contributed by atoms with E-state index in [-0.39, 0.29) is 5.56 Å². The highest BCUT2D eigenvalue weighted by molar-refractivity contribution is 9.10. The molecule has 0 aromatic heterocycles. The van der Waals surface area contributed by atoms with E-state index in [1.807, 2.05) is 0 Å². The molecule has 0 aliphatic heterocycles. The van der Waals surface area contributed by atoms with Crippen molar-refractivity contribution in [3.8, 4) is 0 Å². The SMILES string of the molecule is COC(=O)/C(=C/[C@@H](C[N+](=O)[O-])c1ccccc1)OC(=O)c1ccc(Br)cc1. The summed E-state index contributed by atoms with van der Waals surface area (Å²) in [5.74, 6) is -2.84. The topological polar surface area (TPSA) is 95.7 Å². The molecule has 1 atom stereocenters. The highest BCUT2D eigenvalue weighted by Crippen LogP contribution is 2.21. The Kier molecular flexibility index (Phi) is 7.25. The second-order valence-electron chi connectivity index (χ2n) is 5.45. The van der Waals surface area contributed by atoms with Crippen LogP contribution in [0.4, 0.5) is 0 Å². The molecule has 0 N–H and O–H groups in total. The molecule has 2 aromatic carbocycles. The number of benzene rings is 2. The number of hydrogen-bond acceptors (Lipinski definition) is 6. The molecule has 0 unspecified atom stereocenters. The summed E-state index contributed by atoms with van der Waals surface area (Å²) in [6.45, 7) is -0.472. The van der Waals surface area contributed by atoms with Gasteiger partial charge in [0.15, 0.2) is 0 Å². The lowest BCUT2D eigenvalue weighted by Crippen LogP contribution is -2.17. The largest absolute Gasteiger partial charge is 0.463 e. The fourth-order valence-corrected chi connectivity index (χ4v) is 2.55. The highest BCUT2D eigenvalue weighted by atomic mass is 79.9. The van der Waals surface area contributed by atoms with Gasteiger partial charge in [0.1, 0.15) is 0 Å². The van der Waals surface area contributed by atoms with E-state index in [2.05, 4.69) is 20.7 Å². The van der Waals surface area contributed by atoms with Gasteiger partial charge in [-0.1, -0.05) is 46.3 Å². The molecule has 8 heteroatoms. The number of halogens is 1. The van der Waals surface area contributed by atoms with Crippen molar-refractivity contribution in [2.24, 2.45) is 0 Å². The molecule has 140 valence electrons. The van der Waals surface area contributed by atoms with Crippen LogP contribution in [0.25, 0.3) is 0 Å². The van der Waals surface area contributed by atoms with Crippen molar-refractivity contribution in [1.29, 1.82) is 0 Å². The third-order valence-electron chi connectivity index (χ3n) is 3.60. The Morgan fingerprint density at radius 2 is 1.78 bits per heavy atom. The number of ether oxygens (including phenoxy) is 2. The average Bonchev–Trinajstić information content (AvgIpc) is 2.67. The normalized spacial score (nSPS) is 12.1. The molecule has 2 aromatic rings. The van der Waals surface area contributed by atoms with Crippen molar-refractivity contribution in [1.82, 2.24) is 0 Å². The molecule has 0 bridgehead atoms. The standard InChI is InChI=1S/C19H16BrNO6/c1-26-19(23)17(27-18(22)14-7-9-16(20)10-8-14)11-15(12-21(24)25)13-5-3-2-4-6-13/h2-11,15H,12H2,1H3/b17-11-/t15-/m0/s1. The minimum absolute atomic E-state index is 0.221. The van der Waals surface area contributed by atoms with Gasteiger partial charge < -0.3 is 9.47 Å². The quantitative estimate of drug-likeness (QED) is 0.217. The summed E-state index contributed by atoms with van der Waals surface area (Å²) in [7, 11) is 1.13.